The summed E-state index contributed by atoms with van der Waals surface area (Å²) in [5, 5.41) is 8.92. The van der Waals surface area contributed by atoms with E-state index < -0.39 is 0 Å². The number of methoxy groups -OCH3 is 1. The smallest absolute Gasteiger partial charge is 0.273 e. The maximum Gasteiger partial charge on any atom is 0.273 e. The Hall–Kier alpha value is -2.59. The van der Waals surface area contributed by atoms with E-state index in [1.54, 1.807) is 42.8 Å². The number of benzene rings is 1. The lowest BCUT2D eigenvalue weighted by atomic mass is 10.3. The first-order valence-corrected chi connectivity index (χ1v) is 11.3. The molecular weight excluding hydrogens is 475 g/mol. The zero-order valence-electron chi connectivity index (χ0n) is 17.3. The number of rotatable bonds is 11. The molecule has 3 rings (SSSR count). The summed E-state index contributed by atoms with van der Waals surface area (Å²) in [7, 11) is 1.56. The van der Waals surface area contributed by atoms with Crippen LogP contribution in [0.25, 0.3) is 0 Å². The Bertz CT molecular complexity index is 1040. The first kappa shape index (κ1) is 24.1. The zero-order valence-corrected chi connectivity index (χ0v) is 19.6. The summed E-state index contributed by atoms with van der Waals surface area (Å²) < 4.78 is 10.3. The number of carbonyl (C=O) groups is 2. The van der Waals surface area contributed by atoms with E-state index in [1.165, 1.54) is 22.5 Å². The van der Waals surface area contributed by atoms with E-state index in [0.29, 0.717) is 39.8 Å². The number of thiazole rings is 1. The summed E-state index contributed by atoms with van der Waals surface area (Å²) in [5.74, 6) is 0.145. The van der Waals surface area contributed by atoms with Crippen LogP contribution >= 0.6 is 34.5 Å². The highest BCUT2D eigenvalue weighted by Crippen LogP contribution is 2.28. The van der Waals surface area contributed by atoms with Crippen LogP contribution < -0.4 is 10.6 Å². The van der Waals surface area contributed by atoms with Gasteiger partial charge in [0.1, 0.15) is 11.5 Å². The molecule has 8 nitrogen and oxygen atoms in total. The average Bonchev–Trinajstić information content (AvgIpc) is 3.46. The van der Waals surface area contributed by atoms with Gasteiger partial charge in [0.25, 0.3) is 5.91 Å². The van der Waals surface area contributed by atoms with Gasteiger partial charge in [0, 0.05) is 37.7 Å². The van der Waals surface area contributed by atoms with Crippen LogP contribution in [0.1, 0.15) is 22.7 Å². The van der Waals surface area contributed by atoms with Gasteiger partial charge >= 0.3 is 0 Å². The van der Waals surface area contributed by atoms with Crippen LogP contribution in [0, 0.1) is 0 Å². The van der Waals surface area contributed by atoms with Gasteiger partial charge in [0.05, 0.1) is 29.5 Å². The summed E-state index contributed by atoms with van der Waals surface area (Å²) in [6.07, 6.45) is 1.69. The molecule has 0 aliphatic heterocycles. The molecule has 3 aromatic rings. The molecule has 0 aliphatic carbocycles. The molecule has 0 unspecified atom stereocenters. The number of hydrogen-bond donors (Lipinski definition) is 2. The molecule has 0 fully saturated rings. The van der Waals surface area contributed by atoms with Crippen LogP contribution in [0.5, 0.6) is 0 Å². The van der Waals surface area contributed by atoms with Crippen LogP contribution in [0.4, 0.5) is 10.8 Å². The second-order valence-electron chi connectivity index (χ2n) is 6.69. The Morgan fingerprint density at radius 1 is 1.25 bits per heavy atom. The predicted molar refractivity (Wildman–Crippen MR) is 125 cm³/mol. The lowest BCUT2D eigenvalue weighted by Gasteiger charge is -2.20. The maximum atomic E-state index is 13.1. The van der Waals surface area contributed by atoms with E-state index in [-0.39, 0.29) is 37.0 Å². The summed E-state index contributed by atoms with van der Waals surface area (Å²) in [5.41, 5.74) is 0.969. The SMILES string of the molecule is COCCNC(=O)CCN(Cc1ccco1)C(=O)c1csc(Nc2ccc(Cl)c(Cl)c2)n1. The van der Waals surface area contributed by atoms with Crippen molar-refractivity contribution in [1.29, 1.82) is 0 Å². The molecule has 2 N–H and O–H groups in total. The van der Waals surface area contributed by atoms with Crippen molar-refractivity contribution in [2.24, 2.45) is 0 Å². The topological polar surface area (TPSA) is 96.7 Å². The molecule has 0 radical (unpaired) electrons. The minimum atomic E-state index is -0.301. The van der Waals surface area contributed by atoms with Gasteiger partial charge in [-0.2, -0.15) is 0 Å². The fourth-order valence-electron chi connectivity index (χ4n) is 2.75. The molecule has 2 amide bonds. The van der Waals surface area contributed by atoms with Gasteiger partial charge < -0.3 is 24.7 Å². The summed E-state index contributed by atoms with van der Waals surface area (Å²) in [4.78, 5) is 31.1. The normalized spacial score (nSPS) is 10.7. The number of halogens is 2. The molecule has 11 heteroatoms. The van der Waals surface area contributed by atoms with Crippen molar-refractivity contribution in [2.45, 2.75) is 13.0 Å². The average molecular weight is 497 g/mol. The van der Waals surface area contributed by atoms with E-state index in [4.69, 9.17) is 32.4 Å². The van der Waals surface area contributed by atoms with Gasteiger partial charge in [-0.05, 0) is 30.3 Å². The highest BCUT2D eigenvalue weighted by molar-refractivity contribution is 7.14. The third kappa shape index (κ3) is 6.96. The van der Waals surface area contributed by atoms with Crippen molar-refractivity contribution in [2.75, 3.05) is 32.1 Å². The van der Waals surface area contributed by atoms with Crippen LogP contribution in [0.15, 0.2) is 46.4 Å². The van der Waals surface area contributed by atoms with Gasteiger partial charge in [-0.25, -0.2) is 4.98 Å². The summed E-state index contributed by atoms with van der Waals surface area (Å²) >= 11 is 13.3. The highest BCUT2D eigenvalue weighted by Gasteiger charge is 2.21. The third-order valence-corrected chi connectivity index (χ3v) is 5.84. The van der Waals surface area contributed by atoms with Crippen molar-refractivity contribution < 1.29 is 18.7 Å². The van der Waals surface area contributed by atoms with Gasteiger partial charge in [0.2, 0.25) is 5.91 Å². The minimum absolute atomic E-state index is 0.148. The standard InChI is InChI=1S/C21H22Cl2N4O4S/c1-30-10-7-24-19(28)6-8-27(12-15-3-2-9-31-15)20(29)18-13-32-21(26-18)25-14-4-5-16(22)17(23)11-14/h2-5,9,11,13H,6-8,10,12H2,1H3,(H,24,28)(H,25,26). The van der Waals surface area contributed by atoms with Crippen molar-refractivity contribution in [3.63, 3.8) is 0 Å². The van der Waals surface area contributed by atoms with Gasteiger partial charge in [-0.15, -0.1) is 11.3 Å². The molecule has 2 aromatic heterocycles. The molecule has 0 atom stereocenters. The lowest BCUT2D eigenvalue weighted by Crippen LogP contribution is -2.35. The first-order valence-electron chi connectivity index (χ1n) is 9.71. The number of nitrogens with one attached hydrogen (secondary N) is 2. The molecule has 32 heavy (non-hydrogen) atoms. The fourth-order valence-corrected chi connectivity index (χ4v) is 3.75. The highest BCUT2D eigenvalue weighted by atomic mass is 35.5. The van der Waals surface area contributed by atoms with E-state index >= 15 is 0 Å². The lowest BCUT2D eigenvalue weighted by molar-refractivity contribution is -0.121. The Morgan fingerprint density at radius 3 is 2.81 bits per heavy atom. The van der Waals surface area contributed by atoms with E-state index in [0.717, 1.165) is 0 Å². The van der Waals surface area contributed by atoms with Gasteiger partial charge in [-0.3, -0.25) is 9.59 Å². The maximum absolute atomic E-state index is 13.1. The summed E-state index contributed by atoms with van der Waals surface area (Å²) in [6, 6.07) is 8.64. The number of furan rings is 1. The van der Waals surface area contributed by atoms with E-state index in [9.17, 15) is 9.59 Å². The zero-order chi connectivity index (χ0) is 22.9. The number of ether oxygens (including phenoxy) is 1. The second-order valence-corrected chi connectivity index (χ2v) is 8.36. The number of amides is 2. The van der Waals surface area contributed by atoms with Crippen LogP contribution in [-0.4, -0.2) is 48.5 Å². The minimum Gasteiger partial charge on any atom is -0.467 e. The van der Waals surface area contributed by atoms with E-state index in [2.05, 4.69) is 15.6 Å². The van der Waals surface area contributed by atoms with Crippen molar-refractivity contribution in [3.05, 3.63) is 63.5 Å². The molecule has 0 spiro atoms. The number of hydrogen-bond acceptors (Lipinski definition) is 7. The molecule has 2 heterocycles. The Balaban J connectivity index is 1.66. The first-order chi connectivity index (χ1) is 15.5. The molecule has 0 saturated heterocycles. The van der Waals surface area contributed by atoms with Gasteiger partial charge in [0.15, 0.2) is 5.13 Å². The summed E-state index contributed by atoms with van der Waals surface area (Å²) in [6.45, 7) is 1.28. The van der Waals surface area contributed by atoms with E-state index in [1.807, 2.05) is 0 Å². The monoisotopic (exact) mass is 496 g/mol. The number of aromatic nitrogens is 1. The van der Waals surface area contributed by atoms with Crippen molar-refractivity contribution >= 4 is 57.2 Å². The van der Waals surface area contributed by atoms with Crippen molar-refractivity contribution in [1.82, 2.24) is 15.2 Å². The number of carbonyl (C=O) groups excluding carboxylic acids is 2. The van der Waals surface area contributed by atoms with Crippen LogP contribution in [-0.2, 0) is 16.1 Å². The van der Waals surface area contributed by atoms with Crippen molar-refractivity contribution in [3.8, 4) is 0 Å². The van der Waals surface area contributed by atoms with Crippen LogP contribution in [0.3, 0.4) is 0 Å². The molecule has 1 aromatic carbocycles. The molecule has 0 aliphatic rings. The Morgan fingerprint density at radius 2 is 2.09 bits per heavy atom. The van der Waals surface area contributed by atoms with Gasteiger partial charge in [-0.1, -0.05) is 23.2 Å². The number of nitrogens with zero attached hydrogens (tertiary/aromatic N) is 2. The Kier molecular flexibility index (Phi) is 8.92. The third-order valence-electron chi connectivity index (χ3n) is 4.35. The number of anilines is 2. The molecular formula is C21H22Cl2N4O4S. The predicted octanol–water partition coefficient (Wildman–Crippen LogP) is 4.58. The molecule has 170 valence electrons. The second kappa shape index (κ2) is 11.9. The fraction of sp³-hybridized carbons (Fsp3) is 0.286. The molecule has 0 bridgehead atoms. The quantitative estimate of drug-likeness (QED) is 0.377. The largest absolute Gasteiger partial charge is 0.467 e. The molecule has 0 saturated carbocycles. The van der Waals surface area contributed by atoms with Crippen LogP contribution in [0.2, 0.25) is 10.0 Å². The Labute approximate surface area is 199 Å².